The predicted molar refractivity (Wildman–Crippen MR) is 44.0 cm³/mol. The van der Waals surface area contributed by atoms with Crippen molar-refractivity contribution >= 4 is 11.8 Å². The highest BCUT2D eigenvalue weighted by molar-refractivity contribution is 7.99. The quantitative estimate of drug-likeness (QED) is 0.734. The molecule has 1 rings (SSSR count). The zero-order chi connectivity index (χ0) is 9.19. The summed E-state index contributed by atoms with van der Waals surface area (Å²) >= 11 is 1.58. The lowest BCUT2D eigenvalue weighted by atomic mass is 9.93. The van der Waals surface area contributed by atoms with E-state index in [2.05, 4.69) is 0 Å². The van der Waals surface area contributed by atoms with Crippen molar-refractivity contribution in [3.63, 3.8) is 0 Å². The maximum absolute atomic E-state index is 12.0. The second-order valence-electron chi connectivity index (χ2n) is 3.11. The number of halogens is 3. The molecule has 0 bridgehead atoms. The molecule has 1 aliphatic heterocycles. The molecule has 0 saturated carbocycles. The molecule has 0 aromatic rings. The van der Waals surface area contributed by atoms with E-state index in [0.29, 0.717) is 12.3 Å². The first-order chi connectivity index (χ1) is 5.53. The zero-order valence-electron chi connectivity index (χ0n) is 6.60. The van der Waals surface area contributed by atoms with Gasteiger partial charge in [-0.05, 0) is 29.9 Å². The van der Waals surface area contributed by atoms with Gasteiger partial charge in [-0.15, -0.1) is 0 Å². The van der Waals surface area contributed by atoms with Gasteiger partial charge in [-0.25, -0.2) is 0 Å². The van der Waals surface area contributed by atoms with Crippen molar-refractivity contribution in [1.82, 2.24) is 0 Å². The Morgan fingerprint density at radius 1 is 1.25 bits per heavy atom. The first-order valence-electron chi connectivity index (χ1n) is 3.87. The maximum atomic E-state index is 12.0. The van der Waals surface area contributed by atoms with E-state index in [9.17, 15) is 13.2 Å². The molecule has 1 fully saturated rings. The van der Waals surface area contributed by atoms with Gasteiger partial charge in [-0.2, -0.15) is 24.9 Å². The minimum atomic E-state index is -4.02. The highest BCUT2D eigenvalue weighted by atomic mass is 32.2. The highest BCUT2D eigenvalue weighted by Gasteiger charge is 2.37. The molecule has 0 radical (unpaired) electrons. The number of nitrogens with two attached hydrogens (primary N) is 1. The molecule has 2 atom stereocenters. The lowest BCUT2D eigenvalue weighted by molar-refractivity contribution is -0.145. The molecule has 72 valence electrons. The Labute approximate surface area is 73.9 Å². The fraction of sp³-hybridized carbons (Fsp3) is 1.00. The van der Waals surface area contributed by atoms with Gasteiger partial charge in [-0.3, -0.25) is 0 Å². The third kappa shape index (κ3) is 2.86. The lowest BCUT2D eigenvalue weighted by Crippen LogP contribution is -2.26. The van der Waals surface area contributed by atoms with E-state index in [-0.39, 0.29) is 11.8 Å². The van der Waals surface area contributed by atoms with Crippen LogP contribution >= 0.6 is 11.8 Å². The third-order valence-electron chi connectivity index (χ3n) is 2.13. The monoisotopic (exact) mass is 199 g/mol. The van der Waals surface area contributed by atoms with Gasteiger partial charge in [0.05, 0.1) is 0 Å². The SMILES string of the molecule is NCC1CSCC1CC(F)(F)F. The number of hydrogen-bond donors (Lipinski definition) is 1. The van der Waals surface area contributed by atoms with E-state index in [4.69, 9.17) is 5.73 Å². The van der Waals surface area contributed by atoms with Crippen molar-refractivity contribution in [2.75, 3.05) is 18.1 Å². The molecule has 2 unspecified atom stereocenters. The van der Waals surface area contributed by atoms with Gasteiger partial charge in [0, 0.05) is 6.42 Å². The normalized spacial score (nSPS) is 31.0. The molecule has 12 heavy (non-hydrogen) atoms. The first kappa shape index (κ1) is 10.2. The molecule has 0 spiro atoms. The van der Waals surface area contributed by atoms with E-state index in [1.807, 2.05) is 0 Å². The zero-order valence-corrected chi connectivity index (χ0v) is 7.42. The molecule has 2 N–H and O–H groups in total. The smallest absolute Gasteiger partial charge is 0.330 e. The summed E-state index contributed by atoms with van der Waals surface area (Å²) in [6.07, 6.45) is -4.69. The van der Waals surface area contributed by atoms with Gasteiger partial charge in [0.15, 0.2) is 0 Å². The van der Waals surface area contributed by atoms with Crippen LogP contribution in [0, 0.1) is 11.8 Å². The van der Waals surface area contributed by atoms with Crippen LogP contribution in [0.15, 0.2) is 0 Å². The molecular weight excluding hydrogens is 187 g/mol. The fourth-order valence-corrected chi connectivity index (χ4v) is 2.97. The van der Waals surface area contributed by atoms with Crippen molar-refractivity contribution in [2.45, 2.75) is 12.6 Å². The average molecular weight is 199 g/mol. The van der Waals surface area contributed by atoms with E-state index in [0.717, 1.165) is 5.75 Å². The molecule has 0 aromatic heterocycles. The highest BCUT2D eigenvalue weighted by Crippen LogP contribution is 2.37. The van der Waals surface area contributed by atoms with Gasteiger partial charge in [-0.1, -0.05) is 0 Å². The topological polar surface area (TPSA) is 26.0 Å². The van der Waals surface area contributed by atoms with Crippen molar-refractivity contribution in [3.05, 3.63) is 0 Å². The molecule has 1 saturated heterocycles. The van der Waals surface area contributed by atoms with Crippen LogP contribution in [0.2, 0.25) is 0 Å². The van der Waals surface area contributed by atoms with Gasteiger partial charge < -0.3 is 5.73 Å². The van der Waals surface area contributed by atoms with Gasteiger partial charge >= 0.3 is 6.18 Å². The second-order valence-corrected chi connectivity index (χ2v) is 4.19. The van der Waals surface area contributed by atoms with Crippen LogP contribution in [0.4, 0.5) is 13.2 Å². The van der Waals surface area contributed by atoms with E-state index in [1.165, 1.54) is 0 Å². The third-order valence-corrected chi connectivity index (χ3v) is 3.45. The largest absolute Gasteiger partial charge is 0.389 e. The van der Waals surface area contributed by atoms with Crippen molar-refractivity contribution in [2.24, 2.45) is 17.6 Å². The minimum absolute atomic E-state index is 0.0663. The van der Waals surface area contributed by atoms with Crippen LogP contribution in [0.25, 0.3) is 0 Å². The van der Waals surface area contributed by atoms with E-state index in [1.54, 1.807) is 11.8 Å². The number of rotatable bonds is 2. The van der Waals surface area contributed by atoms with Crippen LogP contribution in [-0.4, -0.2) is 24.2 Å². The minimum Gasteiger partial charge on any atom is -0.330 e. The van der Waals surface area contributed by atoms with Gasteiger partial charge in [0.2, 0.25) is 0 Å². The Morgan fingerprint density at radius 3 is 2.33 bits per heavy atom. The molecule has 5 heteroatoms. The van der Waals surface area contributed by atoms with E-state index >= 15 is 0 Å². The molecule has 1 aliphatic rings. The van der Waals surface area contributed by atoms with Crippen LogP contribution < -0.4 is 5.73 Å². The summed E-state index contributed by atoms with van der Waals surface area (Å²) < 4.78 is 35.9. The first-order valence-corrected chi connectivity index (χ1v) is 5.03. The van der Waals surface area contributed by atoms with E-state index < -0.39 is 12.6 Å². The Balaban J connectivity index is 2.41. The molecule has 1 heterocycles. The average Bonchev–Trinajstić information content (AvgIpc) is 2.31. The van der Waals surface area contributed by atoms with Gasteiger partial charge in [0.25, 0.3) is 0 Å². The van der Waals surface area contributed by atoms with Crippen molar-refractivity contribution in [1.29, 1.82) is 0 Å². The standard InChI is InChI=1S/C7H12F3NS/c8-7(9,10)1-5-3-12-4-6(5)2-11/h5-6H,1-4,11H2. The number of hydrogen-bond acceptors (Lipinski definition) is 2. The number of alkyl halides is 3. The number of thioether (sulfide) groups is 1. The summed E-state index contributed by atoms with van der Waals surface area (Å²) in [7, 11) is 0. The Kier molecular flexibility index (Phi) is 3.29. The Morgan fingerprint density at radius 2 is 1.83 bits per heavy atom. The summed E-state index contributed by atoms with van der Waals surface area (Å²) in [6, 6.07) is 0. The molecule has 0 aromatic carbocycles. The summed E-state index contributed by atoms with van der Waals surface area (Å²) in [5.74, 6) is 1.22. The van der Waals surface area contributed by atoms with Crippen LogP contribution in [0.1, 0.15) is 6.42 Å². The summed E-state index contributed by atoms with van der Waals surface area (Å²) in [5, 5.41) is 0. The van der Waals surface area contributed by atoms with Gasteiger partial charge in [0.1, 0.15) is 0 Å². The summed E-state index contributed by atoms with van der Waals surface area (Å²) in [4.78, 5) is 0. The summed E-state index contributed by atoms with van der Waals surface area (Å²) in [5.41, 5.74) is 5.36. The van der Waals surface area contributed by atoms with Crippen molar-refractivity contribution < 1.29 is 13.2 Å². The summed E-state index contributed by atoms with van der Waals surface area (Å²) in [6.45, 7) is 0.383. The van der Waals surface area contributed by atoms with Crippen LogP contribution in [0.3, 0.4) is 0 Å². The molecule has 0 amide bonds. The maximum Gasteiger partial charge on any atom is 0.389 e. The Bertz CT molecular complexity index is 148. The molecule has 0 aliphatic carbocycles. The molecule has 1 nitrogen and oxygen atoms in total. The van der Waals surface area contributed by atoms with Crippen LogP contribution in [0.5, 0.6) is 0 Å². The van der Waals surface area contributed by atoms with Crippen molar-refractivity contribution in [3.8, 4) is 0 Å². The fourth-order valence-electron chi connectivity index (χ4n) is 1.43. The Hall–Kier alpha value is 0.100. The second kappa shape index (κ2) is 3.87. The lowest BCUT2D eigenvalue weighted by Gasteiger charge is -2.18. The van der Waals surface area contributed by atoms with Crippen LogP contribution in [-0.2, 0) is 0 Å². The predicted octanol–water partition coefficient (Wildman–Crippen LogP) is 1.88. The molecular formula is C7H12F3NS.